The van der Waals surface area contributed by atoms with Gasteiger partial charge in [0.15, 0.2) is 0 Å². The number of pyridine rings is 2. The molecule has 3 amide bonds. The highest BCUT2D eigenvalue weighted by Crippen LogP contribution is 2.42. The maximum absolute atomic E-state index is 13.3. The summed E-state index contributed by atoms with van der Waals surface area (Å²) in [5.74, 6) is 0.0988. The lowest BCUT2D eigenvalue weighted by molar-refractivity contribution is -0.129. The van der Waals surface area contributed by atoms with Gasteiger partial charge in [0.05, 0.1) is 12.2 Å². The van der Waals surface area contributed by atoms with Crippen LogP contribution in [0.25, 0.3) is 20.7 Å². The monoisotopic (exact) mass is 435 g/mol. The first-order chi connectivity index (χ1) is 14.9. The molecule has 0 saturated carbocycles. The summed E-state index contributed by atoms with van der Waals surface area (Å²) >= 11 is 1.63. The molecule has 0 spiro atoms. The molecule has 5 heterocycles. The minimum Gasteiger partial charge on any atom is -0.343 e. The van der Waals surface area contributed by atoms with Gasteiger partial charge in [-0.1, -0.05) is 6.07 Å². The molecule has 3 aromatic heterocycles. The van der Waals surface area contributed by atoms with Gasteiger partial charge in [0.1, 0.15) is 4.83 Å². The average molecular weight is 436 g/mol. The van der Waals surface area contributed by atoms with Crippen LogP contribution in [-0.4, -0.2) is 57.9 Å². The zero-order valence-electron chi connectivity index (χ0n) is 18.0. The average Bonchev–Trinajstić information content (AvgIpc) is 3.20. The number of amides is 3. The number of piperidine rings is 1. The van der Waals surface area contributed by atoms with Crippen LogP contribution in [0.2, 0.25) is 0 Å². The van der Waals surface area contributed by atoms with E-state index in [2.05, 4.69) is 17.1 Å². The zero-order valence-corrected chi connectivity index (χ0v) is 18.8. The largest absolute Gasteiger partial charge is 0.343 e. The van der Waals surface area contributed by atoms with Crippen molar-refractivity contribution < 1.29 is 9.59 Å². The molecule has 0 aliphatic carbocycles. The predicted octanol–water partition coefficient (Wildman–Crippen LogP) is 4.05. The quantitative estimate of drug-likeness (QED) is 0.609. The van der Waals surface area contributed by atoms with E-state index >= 15 is 0 Å². The Hall–Kier alpha value is -3.00. The standard InChI is InChI=1S/C23H25N5O2S/c1-14-4-5-16(11-24-14)20-10-19-21-17(12-25-22(19)31-20)13-26(3)23(30)28(21)18-6-8-27(9-7-18)15(2)29/h4-5,10-12,18H,6-9,13H2,1-3H3. The van der Waals surface area contributed by atoms with Gasteiger partial charge in [0.2, 0.25) is 5.91 Å². The first kappa shape index (κ1) is 19.9. The highest BCUT2D eigenvalue weighted by Gasteiger charge is 2.37. The maximum atomic E-state index is 13.3. The minimum absolute atomic E-state index is 0.0195. The molecule has 0 N–H and O–H groups in total. The Morgan fingerprint density at radius 1 is 1.16 bits per heavy atom. The molecule has 3 aromatic rings. The number of aromatic nitrogens is 2. The van der Waals surface area contributed by atoms with Crippen LogP contribution < -0.4 is 4.90 Å². The summed E-state index contributed by atoms with van der Waals surface area (Å²) in [6, 6.07) is 6.32. The van der Waals surface area contributed by atoms with Gasteiger partial charge in [-0.05, 0) is 31.9 Å². The second-order valence-electron chi connectivity index (χ2n) is 8.40. The molecule has 7 nitrogen and oxygen atoms in total. The first-order valence-electron chi connectivity index (χ1n) is 10.6. The van der Waals surface area contributed by atoms with Crippen LogP contribution in [0, 0.1) is 6.92 Å². The van der Waals surface area contributed by atoms with Crippen LogP contribution in [0.5, 0.6) is 0 Å². The molecule has 160 valence electrons. The van der Waals surface area contributed by atoms with Crippen molar-refractivity contribution in [3.05, 3.63) is 41.9 Å². The number of nitrogens with zero attached hydrogens (tertiary/aromatic N) is 5. The third-order valence-corrected chi connectivity index (χ3v) is 7.35. The van der Waals surface area contributed by atoms with Crippen LogP contribution in [0.1, 0.15) is 31.0 Å². The van der Waals surface area contributed by atoms with Gasteiger partial charge in [0.25, 0.3) is 0 Å². The van der Waals surface area contributed by atoms with E-state index in [1.807, 2.05) is 42.2 Å². The molecule has 1 fully saturated rings. The molecular weight excluding hydrogens is 410 g/mol. The van der Waals surface area contributed by atoms with Crippen LogP contribution in [-0.2, 0) is 11.3 Å². The second-order valence-corrected chi connectivity index (χ2v) is 9.43. The van der Waals surface area contributed by atoms with E-state index in [0.717, 1.165) is 50.4 Å². The molecule has 5 rings (SSSR count). The number of thiophene rings is 1. The Morgan fingerprint density at radius 3 is 2.61 bits per heavy atom. The van der Waals surface area contributed by atoms with Gasteiger partial charge in [-0.2, -0.15) is 0 Å². The van der Waals surface area contributed by atoms with Crippen LogP contribution >= 0.6 is 11.3 Å². The van der Waals surface area contributed by atoms with E-state index < -0.39 is 0 Å². The maximum Gasteiger partial charge on any atom is 0.324 e. The molecule has 0 aromatic carbocycles. The number of hydrogen-bond donors (Lipinski definition) is 0. The molecule has 8 heteroatoms. The summed E-state index contributed by atoms with van der Waals surface area (Å²) in [5.41, 5.74) is 4.09. The molecule has 0 unspecified atom stereocenters. The minimum atomic E-state index is 0.0195. The van der Waals surface area contributed by atoms with Crippen LogP contribution in [0.15, 0.2) is 30.6 Å². The number of fused-ring (bicyclic) bond motifs is 3. The van der Waals surface area contributed by atoms with Crippen molar-refractivity contribution in [2.24, 2.45) is 0 Å². The van der Waals surface area contributed by atoms with E-state index in [0.29, 0.717) is 19.6 Å². The number of aryl methyl sites for hydroxylation is 1. The first-order valence-corrected chi connectivity index (χ1v) is 11.4. The Bertz CT molecular complexity index is 1160. The summed E-state index contributed by atoms with van der Waals surface area (Å²) in [6.45, 7) is 5.50. The fourth-order valence-corrected chi connectivity index (χ4v) is 5.55. The van der Waals surface area contributed by atoms with Gasteiger partial charge < -0.3 is 9.80 Å². The van der Waals surface area contributed by atoms with Gasteiger partial charge >= 0.3 is 6.03 Å². The fraction of sp³-hybridized carbons (Fsp3) is 0.391. The molecule has 2 aliphatic heterocycles. The van der Waals surface area contributed by atoms with Crippen molar-refractivity contribution in [3.63, 3.8) is 0 Å². The van der Waals surface area contributed by atoms with Crippen molar-refractivity contribution >= 4 is 39.2 Å². The Kier molecular flexibility index (Phi) is 4.89. The Labute approximate surface area is 185 Å². The predicted molar refractivity (Wildman–Crippen MR) is 122 cm³/mol. The highest BCUT2D eigenvalue weighted by atomic mass is 32.1. The molecule has 2 aliphatic rings. The van der Waals surface area contributed by atoms with E-state index in [1.54, 1.807) is 23.2 Å². The molecule has 1 saturated heterocycles. The zero-order chi connectivity index (χ0) is 21.7. The van der Waals surface area contributed by atoms with Crippen molar-refractivity contribution in [3.8, 4) is 10.4 Å². The molecular formula is C23H25N5O2S. The number of anilines is 1. The lowest BCUT2D eigenvalue weighted by Gasteiger charge is -2.43. The third-order valence-electron chi connectivity index (χ3n) is 6.26. The number of rotatable bonds is 2. The van der Waals surface area contributed by atoms with E-state index in [1.165, 1.54) is 0 Å². The Balaban J connectivity index is 1.58. The lowest BCUT2D eigenvalue weighted by Crippen LogP contribution is -2.54. The van der Waals surface area contributed by atoms with E-state index in [-0.39, 0.29) is 18.0 Å². The highest BCUT2D eigenvalue weighted by molar-refractivity contribution is 7.21. The van der Waals surface area contributed by atoms with Gasteiger partial charge in [-0.25, -0.2) is 9.78 Å². The number of carbonyl (C=O) groups is 2. The molecule has 0 bridgehead atoms. The number of urea groups is 1. The van der Waals surface area contributed by atoms with Gasteiger partial charge in [-0.15, -0.1) is 11.3 Å². The summed E-state index contributed by atoms with van der Waals surface area (Å²) in [4.78, 5) is 41.8. The summed E-state index contributed by atoms with van der Waals surface area (Å²) in [7, 11) is 1.84. The number of likely N-dealkylation sites (tertiary alicyclic amines) is 1. The van der Waals surface area contributed by atoms with Crippen molar-refractivity contribution in [1.29, 1.82) is 0 Å². The normalized spacial score (nSPS) is 17.4. The molecule has 31 heavy (non-hydrogen) atoms. The molecule has 0 radical (unpaired) electrons. The SMILES string of the molecule is CC(=O)N1CCC(N2C(=O)N(C)Cc3cnc4sc(-c5ccc(C)nc5)cc4c32)CC1. The second kappa shape index (κ2) is 7.60. The van der Waals surface area contributed by atoms with Gasteiger partial charge in [0, 0.05) is 72.6 Å². The van der Waals surface area contributed by atoms with Crippen LogP contribution in [0.4, 0.5) is 10.5 Å². The third kappa shape index (κ3) is 3.44. The number of carbonyl (C=O) groups excluding carboxylic acids is 2. The van der Waals surface area contributed by atoms with E-state index in [9.17, 15) is 9.59 Å². The van der Waals surface area contributed by atoms with Crippen molar-refractivity contribution in [2.45, 2.75) is 39.3 Å². The Morgan fingerprint density at radius 2 is 1.94 bits per heavy atom. The van der Waals surface area contributed by atoms with Crippen molar-refractivity contribution in [1.82, 2.24) is 19.8 Å². The number of hydrogen-bond acceptors (Lipinski definition) is 5. The smallest absolute Gasteiger partial charge is 0.324 e. The van der Waals surface area contributed by atoms with Crippen molar-refractivity contribution in [2.75, 3.05) is 25.0 Å². The van der Waals surface area contributed by atoms with E-state index in [4.69, 9.17) is 4.98 Å². The fourth-order valence-electron chi connectivity index (χ4n) is 4.55. The molecule has 0 atom stereocenters. The topological polar surface area (TPSA) is 69.6 Å². The lowest BCUT2D eigenvalue weighted by atomic mass is 9.99. The van der Waals surface area contributed by atoms with Crippen LogP contribution in [0.3, 0.4) is 0 Å². The van der Waals surface area contributed by atoms with Gasteiger partial charge in [-0.3, -0.25) is 14.7 Å². The summed E-state index contributed by atoms with van der Waals surface area (Å²) in [6.07, 6.45) is 5.36. The summed E-state index contributed by atoms with van der Waals surface area (Å²) < 4.78 is 0. The summed E-state index contributed by atoms with van der Waals surface area (Å²) in [5, 5.41) is 1.02.